The van der Waals surface area contributed by atoms with Crippen molar-refractivity contribution >= 4 is 17.2 Å². The zero-order chi connectivity index (χ0) is 13.2. The van der Waals surface area contributed by atoms with E-state index in [2.05, 4.69) is 25.6 Å². The summed E-state index contributed by atoms with van der Waals surface area (Å²) in [6, 6.07) is 1.81. The first-order valence-corrected chi connectivity index (χ1v) is 5.91. The van der Waals surface area contributed by atoms with Gasteiger partial charge in [-0.1, -0.05) is 6.92 Å². The lowest BCUT2D eigenvalue weighted by atomic mass is 10.2. The number of rotatable bonds is 3. The van der Waals surface area contributed by atoms with Gasteiger partial charge in [-0.05, 0) is 6.42 Å². The van der Waals surface area contributed by atoms with E-state index in [9.17, 15) is 4.79 Å². The van der Waals surface area contributed by atoms with Crippen molar-refractivity contribution in [2.24, 2.45) is 0 Å². The number of anilines is 1. The van der Waals surface area contributed by atoms with Crippen LogP contribution in [-0.4, -0.2) is 30.7 Å². The topological polar surface area (TPSA) is 88.0 Å². The van der Waals surface area contributed by atoms with Gasteiger partial charge in [-0.2, -0.15) is 10.2 Å². The molecule has 0 radical (unpaired) electrons. The van der Waals surface area contributed by atoms with Crippen molar-refractivity contribution in [2.75, 3.05) is 5.32 Å². The molecule has 96 valence electrons. The summed E-state index contributed by atoms with van der Waals surface area (Å²) < 4.78 is 1.60. The number of aromatic amines is 1. The van der Waals surface area contributed by atoms with E-state index < -0.39 is 0 Å². The molecule has 0 aliphatic carbocycles. The van der Waals surface area contributed by atoms with Crippen LogP contribution in [-0.2, 0) is 6.42 Å². The Labute approximate surface area is 108 Å². The highest BCUT2D eigenvalue weighted by Crippen LogP contribution is 2.12. The third-order valence-electron chi connectivity index (χ3n) is 2.82. The zero-order valence-electron chi connectivity index (χ0n) is 10.3. The lowest BCUT2D eigenvalue weighted by Gasteiger charge is -1.99. The van der Waals surface area contributed by atoms with Gasteiger partial charge in [-0.3, -0.25) is 14.9 Å². The number of carbonyl (C=O) groups excluding carboxylic acids is 1. The average molecular weight is 256 g/mol. The van der Waals surface area contributed by atoms with Gasteiger partial charge in [-0.25, -0.2) is 4.52 Å². The molecule has 7 heteroatoms. The summed E-state index contributed by atoms with van der Waals surface area (Å²) in [4.78, 5) is 16.1. The molecule has 0 bridgehead atoms. The third kappa shape index (κ3) is 2.05. The lowest BCUT2D eigenvalue weighted by molar-refractivity contribution is 0.102. The minimum absolute atomic E-state index is 0.253. The molecule has 7 nitrogen and oxygen atoms in total. The standard InChI is InChI=1S/C12H12N6O/c1-2-8-5-11(17-16-8)15-12(19)9-6-14-18-4-3-13-7-10(9)18/h3-7H,2H2,1H3,(H2,15,16,17,19). The van der Waals surface area contributed by atoms with Crippen LogP contribution in [0.5, 0.6) is 0 Å². The molecule has 1 amide bonds. The highest BCUT2D eigenvalue weighted by molar-refractivity contribution is 6.08. The zero-order valence-corrected chi connectivity index (χ0v) is 10.3. The van der Waals surface area contributed by atoms with Gasteiger partial charge in [0.15, 0.2) is 5.82 Å². The minimum atomic E-state index is -0.253. The molecular formula is C12H12N6O. The Morgan fingerprint density at radius 1 is 1.47 bits per heavy atom. The first-order valence-electron chi connectivity index (χ1n) is 5.91. The first kappa shape index (κ1) is 11.4. The summed E-state index contributed by atoms with van der Waals surface area (Å²) in [5.74, 6) is 0.252. The fraction of sp³-hybridized carbons (Fsp3) is 0.167. The Balaban J connectivity index is 1.87. The highest BCUT2D eigenvalue weighted by atomic mass is 16.1. The van der Waals surface area contributed by atoms with E-state index in [0.717, 1.165) is 12.1 Å². The largest absolute Gasteiger partial charge is 0.305 e. The van der Waals surface area contributed by atoms with E-state index in [1.54, 1.807) is 23.1 Å². The highest BCUT2D eigenvalue weighted by Gasteiger charge is 2.13. The number of nitrogens with zero attached hydrogens (tertiary/aromatic N) is 4. The molecule has 19 heavy (non-hydrogen) atoms. The molecule has 0 aliphatic rings. The average Bonchev–Trinajstić information content (AvgIpc) is 3.04. The maximum atomic E-state index is 12.1. The van der Waals surface area contributed by atoms with Crippen molar-refractivity contribution in [2.45, 2.75) is 13.3 Å². The van der Waals surface area contributed by atoms with Gasteiger partial charge < -0.3 is 5.32 Å². The monoisotopic (exact) mass is 256 g/mol. The van der Waals surface area contributed by atoms with E-state index in [1.807, 2.05) is 13.0 Å². The van der Waals surface area contributed by atoms with Crippen LogP contribution < -0.4 is 5.32 Å². The Bertz CT molecular complexity index is 728. The maximum absolute atomic E-state index is 12.1. The summed E-state index contributed by atoms with van der Waals surface area (Å²) in [5, 5.41) is 13.7. The molecular weight excluding hydrogens is 244 g/mol. The molecule has 0 aromatic carbocycles. The SMILES string of the molecule is CCc1cc(NC(=O)c2cnn3ccncc23)n[nH]1. The second-order valence-corrected chi connectivity index (χ2v) is 4.05. The third-order valence-corrected chi connectivity index (χ3v) is 2.82. The minimum Gasteiger partial charge on any atom is -0.305 e. The molecule has 3 aromatic heterocycles. The van der Waals surface area contributed by atoms with Crippen molar-refractivity contribution in [3.63, 3.8) is 0 Å². The molecule has 3 heterocycles. The van der Waals surface area contributed by atoms with E-state index in [1.165, 1.54) is 6.20 Å². The van der Waals surface area contributed by atoms with Gasteiger partial charge in [0, 0.05) is 24.2 Å². The van der Waals surface area contributed by atoms with Crippen LogP contribution in [0, 0.1) is 0 Å². The Morgan fingerprint density at radius 2 is 2.37 bits per heavy atom. The van der Waals surface area contributed by atoms with Crippen LogP contribution in [0.25, 0.3) is 5.52 Å². The van der Waals surface area contributed by atoms with Gasteiger partial charge in [0.2, 0.25) is 0 Å². The molecule has 0 unspecified atom stereocenters. The Kier molecular flexibility index (Phi) is 2.71. The van der Waals surface area contributed by atoms with Crippen LogP contribution in [0.1, 0.15) is 23.0 Å². The van der Waals surface area contributed by atoms with Crippen molar-refractivity contribution in [1.29, 1.82) is 0 Å². The molecule has 2 N–H and O–H groups in total. The number of aromatic nitrogens is 5. The molecule has 0 atom stereocenters. The van der Waals surface area contributed by atoms with E-state index in [-0.39, 0.29) is 5.91 Å². The maximum Gasteiger partial charge on any atom is 0.260 e. The molecule has 0 fully saturated rings. The quantitative estimate of drug-likeness (QED) is 0.738. The fourth-order valence-electron chi connectivity index (χ4n) is 1.80. The van der Waals surface area contributed by atoms with Gasteiger partial charge >= 0.3 is 0 Å². The van der Waals surface area contributed by atoms with E-state index >= 15 is 0 Å². The normalized spacial score (nSPS) is 10.8. The van der Waals surface area contributed by atoms with Crippen LogP contribution in [0.15, 0.2) is 30.9 Å². The van der Waals surface area contributed by atoms with Crippen LogP contribution in [0.3, 0.4) is 0 Å². The number of carbonyl (C=O) groups is 1. The predicted octanol–water partition coefficient (Wildman–Crippen LogP) is 1.27. The number of hydrogen-bond acceptors (Lipinski definition) is 4. The second kappa shape index (κ2) is 4.52. The predicted molar refractivity (Wildman–Crippen MR) is 68.9 cm³/mol. The molecule has 3 aromatic rings. The van der Waals surface area contributed by atoms with Crippen LogP contribution >= 0.6 is 0 Å². The van der Waals surface area contributed by atoms with Gasteiger partial charge in [0.1, 0.15) is 0 Å². The molecule has 0 aliphatic heterocycles. The lowest BCUT2D eigenvalue weighted by Crippen LogP contribution is -2.11. The smallest absolute Gasteiger partial charge is 0.260 e. The summed E-state index contributed by atoms with van der Waals surface area (Å²) in [7, 11) is 0. The number of amides is 1. The number of nitrogens with one attached hydrogen (secondary N) is 2. The summed E-state index contributed by atoms with van der Waals surface area (Å²) in [5.41, 5.74) is 2.09. The Hall–Kier alpha value is -2.70. The van der Waals surface area contributed by atoms with E-state index in [0.29, 0.717) is 16.9 Å². The molecule has 0 spiro atoms. The summed E-state index contributed by atoms with van der Waals surface area (Å²) in [6.45, 7) is 2.01. The van der Waals surface area contributed by atoms with Crippen molar-refractivity contribution in [3.05, 3.63) is 42.1 Å². The van der Waals surface area contributed by atoms with Gasteiger partial charge in [0.25, 0.3) is 5.91 Å². The Morgan fingerprint density at radius 3 is 3.16 bits per heavy atom. The number of fused-ring (bicyclic) bond motifs is 1. The van der Waals surface area contributed by atoms with Crippen LogP contribution in [0.4, 0.5) is 5.82 Å². The number of aryl methyl sites for hydroxylation is 1. The second-order valence-electron chi connectivity index (χ2n) is 4.05. The summed E-state index contributed by atoms with van der Waals surface area (Å²) >= 11 is 0. The molecule has 0 saturated heterocycles. The molecule has 0 saturated carbocycles. The van der Waals surface area contributed by atoms with Crippen molar-refractivity contribution in [3.8, 4) is 0 Å². The van der Waals surface area contributed by atoms with Gasteiger partial charge in [0.05, 0.1) is 23.5 Å². The van der Waals surface area contributed by atoms with Crippen molar-refractivity contribution in [1.82, 2.24) is 24.8 Å². The van der Waals surface area contributed by atoms with Crippen LogP contribution in [0.2, 0.25) is 0 Å². The van der Waals surface area contributed by atoms with Crippen molar-refractivity contribution < 1.29 is 4.79 Å². The number of hydrogen-bond donors (Lipinski definition) is 2. The first-order chi connectivity index (χ1) is 9.28. The van der Waals surface area contributed by atoms with Gasteiger partial charge in [-0.15, -0.1) is 0 Å². The number of H-pyrrole nitrogens is 1. The molecule has 3 rings (SSSR count). The fourth-order valence-corrected chi connectivity index (χ4v) is 1.80. The van der Waals surface area contributed by atoms with E-state index in [4.69, 9.17) is 0 Å². The summed E-state index contributed by atoms with van der Waals surface area (Å²) in [6.07, 6.45) is 7.26.